The van der Waals surface area contributed by atoms with Gasteiger partial charge in [-0.15, -0.1) is 0 Å². The van der Waals surface area contributed by atoms with E-state index < -0.39 is 32.6 Å². The van der Waals surface area contributed by atoms with Crippen molar-refractivity contribution in [1.29, 1.82) is 0 Å². The fourth-order valence-corrected chi connectivity index (χ4v) is 3.43. The molecular weight excluding hydrogens is 369 g/mol. The van der Waals surface area contributed by atoms with Gasteiger partial charge in [0.15, 0.2) is 0 Å². The molecule has 0 aliphatic heterocycles. The van der Waals surface area contributed by atoms with Crippen LogP contribution in [0.1, 0.15) is 28.8 Å². The first-order chi connectivity index (χ1) is 12.2. The van der Waals surface area contributed by atoms with Gasteiger partial charge in [-0.05, 0) is 43.2 Å². The van der Waals surface area contributed by atoms with Crippen molar-refractivity contribution in [2.45, 2.75) is 30.0 Å². The van der Waals surface area contributed by atoms with E-state index in [-0.39, 0.29) is 17.3 Å². The molecule has 5 nitrogen and oxygen atoms in total. The smallest absolute Gasteiger partial charge is 0.349 e. The molecule has 0 saturated heterocycles. The Morgan fingerprint density at radius 3 is 2.38 bits per heavy atom. The molecule has 0 bridgehead atoms. The zero-order chi connectivity index (χ0) is 18.9. The highest BCUT2D eigenvalue weighted by atomic mass is 32.2. The average molecular weight is 384 g/mol. The van der Waals surface area contributed by atoms with E-state index in [1.165, 1.54) is 18.2 Å². The van der Waals surface area contributed by atoms with Crippen LogP contribution in [0.25, 0.3) is 0 Å². The van der Waals surface area contributed by atoms with Crippen molar-refractivity contribution in [3.63, 3.8) is 0 Å². The Labute approximate surface area is 148 Å². The fourth-order valence-electron chi connectivity index (χ4n) is 2.30. The number of anilines is 1. The molecule has 1 amide bonds. The van der Waals surface area contributed by atoms with E-state index in [2.05, 4.69) is 10.0 Å². The van der Waals surface area contributed by atoms with E-state index in [0.717, 1.165) is 31.0 Å². The van der Waals surface area contributed by atoms with E-state index in [4.69, 9.17) is 0 Å². The standard InChI is InChI=1S/C17H15F3N2O3S/c18-17(19,20)11-4-3-5-13(10-11)26(24,25)22-15-7-2-1-6-14(15)16(23)21-12-8-9-12/h1-7,10,12,22H,8-9H2,(H,21,23). The van der Waals surface area contributed by atoms with Crippen molar-refractivity contribution in [1.82, 2.24) is 5.32 Å². The lowest BCUT2D eigenvalue weighted by Crippen LogP contribution is -2.27. The molecule has 1 fully saturated rings. The molecule has 0 spiro atoms. The van der Waals surface area contributed by atoms with Crippen molar-refractivity contribution < 1.29 is 26.4 Å². The van der Waals surface area contributed by atoms with Crippen molar-refractivity contribution in [2.24, 2.45) is 0 Å². The first-order valence-corrected chi connectivity index (χ1v) is 9.25. The molecule has 1 aliphatic carbocycles. The number of benzene rings is 2. The molecule has 138 valence electrons. The van der Waals surface area contributed by atoms with Gasteiger partial charge >= 0.3 is 6.18 Å². The summed E-state index contributed by atoms with van der Waals surface area (Å²) in [7, 11) is -4.29. The lowest BCUT2D eigenvalue weighted by Gasteiger charge is -2.14. The summed E-state index contributed by atoms with van der Waals surface area (Å²) in [5.74, 6) is -0.435. The number of sulfonamides is 1. The minimum atomic E-state index is -4.66. The predicted octanol–water partition coefficient (Wildman–Crippen LogP) is 3.40. The molecule has 1 saturated carbocycles. The van der Waals surface area contributed by atoms with Crippen LogP contribution in [0.3, 0.4) is 0 Å². The molecule has 3 rings (SSSR count). The van der Waals surface area contributed by atoms with Gasteiger partial charge in [0.2, 0.25) is 0 Å². The number of halogens is 3. The highest BCUT2D eigenvalue weighted by molar-refractivity contribution is 7.92. The Kier molecular flexibility index (Phi) is 4.66. The van der Waals surface area contributed by atoms with E-state index >= 15 is 0 Å². The summed E-state index contributed by atoms with van der Waals surface area (Å²) < 4.78 is 65.6. The van der Waals surface area contributed by atoms with E-state index in [9.17, 15) is 26.4 Å². The summed E-state index contributed by atoms with van der Waals surface area (Å²) in [4.78, 5) is 11.7. The van der Waals surface area contributed by atoms with E-state index in [1.807, 2.05) is 0 Å². The average Bonchev–Trinajstić information content (AvgIpc) is 3.38. The monoisotopic (exact) mass is 384 g/mol. The number of hydrogen-bond acceptors (Lipinski definition) is 3. The Hall–Kier alpha value is -2.55. The molecular formula is C17H15F3N2O3S. The van der Waals surface area contributed by atoms with Gasteiger partial charge in [-0.25, -0.2) is 8.42 Å². The lowest BCUT2D eigenvalue weighted by molar-refractivity contribution is -0.137. The maximum absolute atomic E-state index is 12.8. The summed E-state index contributed by atoms with van der Waals surface area (Å²) in [6.45, 7) is 0. The van der Waals surface area contributed by atoms with Crippen LogP contribution in [0.2, 0.25) is 0 Å². The summed E-state index contributed by atoms with van der Waals surface area (Å²) in [6, 6.07) is 9.42. The molecule has 2 aromatic rings. The molecule has 0 aromatic heterocycles. The molecule has 0 radical (unpaired) electrons. The van der Waals surface area contributed by atoms with Crippen LogP contribution in [0.4, 0.5) is 18.9 Å². The minimum Gasteiger partial charge on any atom is -0.349 e. The summed E-state index contributed by atoms with van der Waals surface area (Å²) in [5, 5.41) is 2.74. The highest BCUT2D eigenvalue weighted by Crippen LogP contribution is 2.31. The third-order valence-electron chi connectivity index (χ3n) is 3.80. The van der Waals surface area contributed by atoms with Crippen LogP contribution in [-0.4, -0.2) is 20.4 Å². The largest absolute Gasteiger partial charge is 0.416 e. The van der Waals surface area contributed by atoms with Gasteiger partial charge in [0, 0.05) is 6.04 Å². The van der Waals surface area contributed by atoms with Gasteiger partial charge < -0.3 is 5.32 Å². The number of carbonyl (C=O) groups excluding carboxylic acids is 1. The number of carbonyl (C=O) groups is 1. The van der Waals surface area contributed by atoms with Crippen molar-refractivity contribution in [3.05, 3.63) is 59.7 Å². The Balaban J connectivity index is 1.90. The van der Waals surface area contributed by atoms with Gasteiger partial charge in [-0.1, -0.05) is 18.2 Å². The van der Waals surface area contributed by atoms with Crippen LogP contribution >= 0.6 is 0 Å². The third kappa shape index (κ3) is 4.16. The second-order valence-electron chi connectivity index (χ2n) is 5.92. The highest BCUT2D eigenvalue weighted by Gasteiger charge is 2.32. The van der Waals surface area contributed by atoms with E-state index in [1.54, 1.807) is 6.07 Å². The number of para-hydroxylation sites is 1. The minimum absolute atomic E-state index is 0.00283. The van der Waals surface area contributed by atoms with Gasteiger partial charge in [-0.3, -0.25) is 9.52 Å². The first kappa shape index (κ1) is 18.2. The SMILES string of the molecule is O=C(NC1CC1)c1ccccc1NS(=O)(=O)c1cccc(C(F)(F)F)c1. The zero-order valence-electron chi connectivity index (χ0n) is 13.4. The topological polar surface area (TPSA) is 75.3 Å². The summed E-state index contributed by atoms with van der Waals surface area (Å²) in [5.41, 5.74) is -0.960. The second kappa shape index (κ2) is 6.64. The summed E-state index contributed by atoms with van der Waals surface area (Å²) in [6.07, 6.45) is -2.93. The fraction of sp³-hybridized carbons (Fsp3) is 0.235. The zero-order valence-corrected chi connectivity index (χ0v) is 14.2. The van der Waals surface area contributed by atoms with E-state index in [0.29, 0.717) is 6.07 Å². The molecule has 1 aliphatic rings. The van der Waals surface area contributed by atoms with Crippen LogP contribution in [0.15, 0.2) is 53.4 Å². The van der Waals surface area contributed by atoms with Crippen LogP contribution in [0.5, 0.6) is 0 Å². The number of alkyl halides is 3. The first-order valence-electron chi connectivity index (χ1n) is 7.77. The Morgan fingerprint density at radius 1 is 1.04 bits per heavy atom. The number of rotatable bonds is 5. The van der Waals surface area contributed by atoms with Gasteiger partial charge in [0.05, 0.1) is 21.7 Å². The Bertz CT molecular complexity index is 938. The summed E-state index contributed by atoms with van der Waals surface area (Å²) >= 11 is 0. The molecule has 9 heteroatoms. The Morgan fingerprint density at radius 2 is 1.73 bits per heavy atom. The molecule has 0 unspecified atom stereocenters. The van der Waals surface area contributed by atoms with Crippen LogP contribution in [-0.2, 0) is 16.2 Å². The van der Waals surface area contributed by atoms with Crippen LogP contribution < -0.4 is 10.0 Å². The normalized spacial score (nSPS) is 14.7. The third-order valence-corrected chi connectivity index (χ3v) is 5.16. The predicted molar refractivity (Wildman–Crippen MR) is 89.2 cm³/mol. The molecule has 2 aromatic carbocycles. The number of hydrogen-bond donors (Lipinski definition) is 2. The molecule has 2 N–H and O–H groups in total. The molecule has 0 heterocycles. The van der Waals surface area contributed by atoms with Crippen molar-refractivity contribution in [2.75, 3.05) is 4.72 Å². The van der Waals surface area contributed by atoms with Gasteiger partial charge in [0.1, 0.15) is 0 Å². The molecule has 0 atom stereocenters. The quantitative estimate of drug-likeness (QED) is 0.830. The van der Waals surface area contributed by atoms with Gasteiger partial charge in [-0.2, -0.15) is 13.2 Å². The van der Waals surface area contributed by atoms with Crippen LogP contribution in [0, 0.1) is 0 Å². The van der Waals surface area contributed by atoms with Crippen molar-refractivity contribution >= 4 is 21.6 Å². The lowest BCUT2D eigenvalue weighted by atomic mass is 10.1. The maximum atomic E-state index is 12.8. The second-order valence-corrected chi connectivity index (χ2v) is 7.61. The number of nitrogens with one attached hydrogen (secondary N) is 2. The molecule has 26 heavy (non-hydrogen) atoms. The van der Waals surface area contributed by atoms with Crippen molar-refractivity contribution in [3.8, 4) is 0 Å². The maximum Gasteiger partial charge on any atom is 0.416 e. The van der Waals surface area contributed by atoms with Gasteiger partial charge in [0.25, 0.3) is 15.9 Å². The number of amides is 1.